The van der Waals surface area contributed by atoms with E-state index in [1.807, 2.05) is 18.4 Å². The Morgan fingerprint density at radius 2 is 2.06 bits per heavy atom. The van der Waals surface area contributed by atoms with Gasteiger partial charge in [-0.3, -0.25) is 0 Å². The van der Waals surface area contributed by atoms with Gasteiger partial charge in [0.2, 0.25) is 0 Å². The van der Waals surface area contributed by atoms with Gasteiger partial charge in [0.25, 0.3) is 0 Å². The number of rotatable bonds is 5. The molecule has 1 heterocycles. The van der Waals surface area contributed by atoms with E-state index in [4.69, 9.17) is 0 Å². The summed E-state index contributed by atoms with van der Waals surface area (Å²) in [5.41, 5.74) is 2.85. The molecule has 1 aromatic carbocycles. The van der Waals surface area contributed by atoms with Gasteiger partial charge in [0.1, 0.15) is 0 Å². The van der Waals surface area contributed by atoms with Gasteiger partial charge >= 0.3 is 0 Å². The van der Waals surface area contributed by atoms with Crippen LogP contribution in [0.4, 0.5) is 0 Å². The van der Waals surface area contributed by atoms with E-state index in [-0.39, 0.29) is 0 Å². The van der Waals surface area contributed by atoms with Crippen molar-refractivity contribution in [3.8, 4) is 0 Å². The van der Waals surface area contributed by atoms with Crippen molar-refractivity contribution in [1.29, 1.82) is 0 Å². The van der Waals surface area contributed by atoms with E-state index in [9.17, 15) is 0 Å². The van der Waals surface area contributed by atoms with E-state index in [1.165, 1.54) is 20.5 Å². The Labute approximate surface area is 121 Å². The smallest absolute Gasteiger partial charge is 0.0369 e. The molecule has 0 radical (unpaired) electrons. The Kier molecular flexibility index (Phi) is 4.98. The molecule has 0 saturated carbocycles. The number of benzene rings is 1. The van der Waals surface area contributed by atoms with E-state index < -0.39 is 0 Å². The fourth-order valence-corrected chi connectivity index (χ4v) is 3.78. The predicted molar refractivity (Wildman–Crippen MR) is 83.3 cm³/mol. The highest BCUT2D eigenvalue weighted by atomic mass is 79.9. The lowest BCUT2D eigenvalue weighted by molar-refractivity contribution is 0.590. The Morgan fingerprint density at radius 1 is 1.28 bits per heavy atom. The number of thiophene rings is 1. The second-order valence-electron chi connectivity index (χ2n) is 4.29. The molecule has 1 nitrogen and oxygen atoms in total. The molecule has 0 aliphatic heterocycles. The molecule has 1 N–H and O–H groups in total. The summed E-state index contributed by atoms with van der Waals surface area (Å²) in [4.78, 5) is 1.40. The maximum Gasteiger partial charge on any atom is 0.0369 e. The fourth-order valence-electron chi connectivity index (χ4n) is 2.22. The first-order chi connectivity index (χ1) is 8.76. The lowest BCUT2D eigenvalue weighted by Gasteiger charge is -2.19. The SMILES string of the molecule is CCc1ccccc1C(Cc1sccc1Br)NC. The number of aryl methyl sites for hydroxylation is 1. The highest BCUT2D eigenvalue weighted by Gasteiger charge is 2.15. The second kappa shape index (κ2) is 6.50. The van der Waals surface area contributed by atoms with Crippen LogP contribution < -0.4 is 5.32 Å². The topological polar surface area (TPSA) is 12.0 Å². The molecular weight excluding hydrogens is 306 g/mol. The minimum atomic E-state index is 0.385. The summed E-state index contributed by atoms with van der Waals surface area (Å²) in [7, 11) is 2.04. The molecule has 18 heavy (non-hydrogen) atoms. The van der Waals surface area contributed by atoms with Gasteiger partial charge in [-0.25, -0.2) is 0 Å². The first-order valence-electron chi connectivity index (χ1n) is 6.23. The number of hydrogen-bond acceptors (Lipinski definition) is 2. The Morgan fingerprint density at radius 3 is 2.67 bits per heavy atom. The zero-order valence-corrected chi connectivity index (χ0v) is 13.1. The Hall–Kier alpha value is -0.640. The van der Waals surface area contributed by atoms with E-state index >= 15 is 0 Å². The molecular formula is C15H18BrNS. The second-order valence-corrected chi connectivity index (χ2v) is 6.14. The van der Waals surface area contributed by atoms with Gasteiger partial charge in [0.15, 0.2) is 0 Å². The first-order valence-corrected chi connectivity index (χ1v) is 7.90. The summed E-state index contributed by atoms with van der Waals surface area (Å²) >= 11 is 5.43. The van der Waals surface area contributed by atoms with Crippen molar-refractivity contribution in [3.05, 3.63) is 56.2 Å². The molecule has 0 fully saturated rings. The number of nitrogens with one attached hydrogen (secondary N) is 1. The number of halogens is 1. The largest absolute Gasteiger partial charge is 0.313 e. The lowest BCUT2D eigenvalue weighted by Crippen LogP contribution is -2.20. The van der Waals surface area contributed by atoms with Crippen LogP contribution in [0.2, 0.25) is 0 Å². The summed E-state index contributed by atoms with van der Waals surface area (Å²) < 4.78 is 1.22. The minimum Gasteiger partial charge on any atom is -0.313 e. The molecule has 3 heteroatoms. The predicted octanol–water partition coefficient (Wildman–Crippen LogP) is 4.58. The van der Waals surface area contributed by atoms with Crippen LogP contribution in [0.5, 0.6) is 0 Å². The number of hydrogen-bond donors (Lipinski definition) is 1. The quantitative estimate of drug-likeness (QED) is 0.849. The van der Waals surface area contributed by atoms with Crippen molar-refractivity contribution in [2.75, 3.05) is 7.05 Å². The lowest BCUT2D eigenvalue weighted by atomic mass is 9.96. The molecule has 2 rings (SSSR count). The molecule has 2 aromatic rings. The standard InChI is InChI=1S/C15H18BrNS/c1-3-11-6-4-5-7-12(11)14(17-2)10-15-13(16)8-9-18-15/h4-9,14,17H,3,10H2,1-2H3. The molecule has 1 unspecified atom stereocenters. The fraction of sp³-hybridized carbons (Fsp3) is 0.333. The molecule has 0 aliphatic rings. The van der Waals surface area contributed by atoms with Crippen LogP contribution in [0.1, 0.15) is 29.0 Å². The van der Waals surface area contributed by atoms with Gasteiger partial charge < -0.3 is 5.32 Å². The van der Waals surface area contributed by atoms with E-state index in [0.717, 1.165) is 12.8 Å². The average molecular weight is 324 g/mol. The zero-order chi connectivity index (χ0) is 13.0. The van der Waals surface area contributed by atoms with Gasteiger partial charge in [-0.05, 0) is 52.0 Å². The van der Waals surface area contributed by atoms with Gasteiger partial charge in [0.05, 0.1) is 0 Å². The van der Waals surface area contributed by atoms with Crippen molar-refractivity contribution in [1.82, 2.24) is 5.32 Å². The normalized spacial score (nSPS) is 12.6. The molecule has 1 aromatic heterocycles. The molecule has 0 amide bonds. The van der Waals surface area contributed by atoms with Crippen LogP contribution >= 0.6 is 27.3 Å². The van der Waals surface area contributed by atoms with Crippen molar-refractivity contribution in [2.24, 2.45) is 0 Å². The Bertz CT molecular complexity index is 507. The van der Waals surface area contributed by atoms with E-state index in [2.05, 4.69) is 63.9 Å². The summed E-state index contributed by atoms with van der Waals surface area (Å²) in [5, 5.41) is 5.58. The molecule has 0 bridgehead atoms. The summed E-state index contributed by atoms with van der Waals surface area (Å²) in [6.45, 7) is 2.21. The van der Waals surface area contributed by atoms with Crippen LogP contribution in [0, 0.1) is 0 Å². The van der Waals surface area contributed by atoms with Crippen LogP contribution in [0.25, 0.3) is 0 Å². The molecule has 1 atom stereocenters. The zero-order valence-electron chi connectivity index (χ0n) is 10.7. The van der Waals surface area contributed by atoms with Crippen LogP contribution in [-0.4, -0.2) is 7.05 Å². The van der Waals surface area contributed by atoms with E-state index in [0.29, 0.717) is 6.04 Å². The minimum absolute atomic E-state index is 0.385. The summed E-state index contributed by atoms with van der Waals surface area (Å²) in [6.07, 6.45) is 2.12. The third-order valence-electron chi connectivity index (χ3n) is 3.24. The van der Waals surface area contributed by atoms with Crippen molar-refractivity contribution in [2.45, 2.75) is 25.8 Å². The van der Waals surface area contributed by atoms with Crippen molar-refractivity contribution >= 4 is 27.3 Å². The first kappa shape index (κ1) is 13.8. The highest BCUT2D eigenvalue weighted by Crippen LogP contribution is 2.29. The average Bonchev–Trinajstić information content (AvgIpc) is 2.81. The summed E-state index contributed by atoms with van der Waals surface area (Å²) in [6, 6.07) is 11.2. The molecule has 0 saturated heterocycles. The van der Waals surface area contributed by atoms with Gasteiger partial charge in [-0.2, -0.15) is 0 Å². The van der Waals surface area contributed by atoms with Crippen molar-refractivity contribution < 1.29 is 0 Å². The maximum absolute atomic E-state index is 3.61. The van der Waals surface area contributed by atoms with Gasteiger partial charge in [-0.1, -0.05) is 31.2 Å². The van der Waals surface area contributed by atoms with Crippen molar-refractivity contribution in [3.63, 3.8) is 0 Å². The third kappa shape index (κ3) is 3.02. The molecule has 0 spiro atoms. The van der Waals surface area contributed by atoms with Crippen LogP contribution in [0.15, 0.2) is 40.2 Å². The highest BCUT2D eigenvalue weighted by molar-refractivity contribution is 9.10. The number of likely N-dealkylation sites (N-methyl/N-ethyl adjacent to an activating group) is 1. The van der Waals surface area contributed by atoms with Gasteiger partial charge in [-0.15, -0.1) is 11.3 Å². The van der Waals surface area contributed by atoms with Crippen LogP contribution in [-0.2, 0) is 12.8 Å². The van der Waals surface area contributed by atoms with E-state index in [1.54, 1.807) is 0 Å². The summed E-state index contributed by atoms with van der Waals surface area (Å²) in [5.74, 6) is 0. The maximum atomic E-state index is 3.61. The Balaban J connectivity index is 2.25. The third-order valence-corrected chi connectivity index (χ3v) is 5.19. The van der Waals surface area contributed by atoms with Crippen LogP contribution in [0.3, 0.4) is 0 Å². The monoisotopic (exact) mass is 323 g/mol. The molecule has 0 aliphatic carbocycles. The molecule has 96 valence electrons. The van der Waals surface area contributed by atoms with Gasteiger partial charge in [0, 0.05) is 21.8 Å².